The molecule has 1 aromatic heterocycles. The first-order chi connectivity index (χ1) is 11.5. The maximum atomic E-state index is 12.1. The van der Waals surface area contributed by atoms with Gasteiger partial charge in [0.05, 0.1) is 10.6 Å². The highest BCUT2D eigenvalue weighted by molar-refractivity contribution is 5.97. The van der Waals surface area contributed by atoms with Gasteiger partial charge in [-0.2, -0.15) is 0 Å². The number of nitrogens with one attached hydrogen (secondary N) is 2. The van der Waals surface area contributed by atoms with Crippen LogP contribution in [0, 0.1) is 10.1 Å². The number of nitrogens with zero attached hydrogens (tertiary/aromatic N) is 1. The van der Waals surface area contributed by atoms with Crippen molar-refractivity contribution in [3.8, 4) is 0 Å². The van der Waals surface area contributed by atoms with Crippen molar-refractivity contribution in [1.29, 1.82) is 0 Å². The third-order valence-corrected chi connectivity index (χ3v) is 3.27. The van der Waals surface area contributed by atoms with E-state index in [4.69, 9.17) is 4.42 Å². The molecule has 0 fully saturated rings. The minimum atomic E-state index is -0.830. The van der Waals surface area contributed by atoms with Crippen molar-refractivity contribution < 1.29 is 14.1 Å². The average molecular weight is 325 g/mol. The summed E-state index contributed by atoms with van der Waals surface area (Å²) in [6, 6.07) is 13.9. The molecule has 0 saturated carbocycles. The lowest BCUT2D eigenvalue weighted by Crippen LogP contribution is -2.32. The minimum absolute atomic E-state index is 0.162. The second-order valence-electron chi connectivity index (χ2n) is 4.87. The molecule has 0 bridgehead atoms. The molecule has 0 spiro atoms. The molecule has 0 atom stereocenters. The second kappa shape index (κ2) is 6.21. The van der Waals surface area contributed by atoms with Crippen LogP contribution >= 0.6 is 0 Å². The Kier molecular flexibility index (Phi) is 3.94. The number of hydrogen-bond donors (Lipinski definition) is 2. The number of rotatable bonds is 4. The molecule has 8 heteroatoms. The van der Waals surface area contributed by atoms with Crippen LogP contribution in [0.4, 0.5) is 11.4 Å². The number of nitro benzene ring substituents is 1. The Labute approximate surface area is 134 Å². The van der Waals surface area contributed by atoms with Crippen LogP contribution in [-0.4, -0.2) is 10.8 Å². The van der Waals surface area contributed by atoms with Crippen LogP contribution in [-0.2, 0) is 0 Å². The van der Waals surface area contributed by atoms with Gasteiger partial charge >= 0.3 is 5.63 Å². The minimum Gasteiger partial charge on any atom is -0.422 e. The summed E-state index contributed by atoms with van der Waals surface area (Å²) < 4.78 is 5.03. The van der Waals surface area contributed by atoms with Gasteiger partial charge in [-0.25, -0.2) is 4.79 Å². The molecule has 0 aliphatic rings. The molecule has 2 N–H and O–H groups in total. The van der Waals surface area contributed by atoms with Gasteiger partial charge in [-0.15, -0.1) is 0 Å². The zero-order chi connectivity index (χ0) is 17.1. The number of carbonyl (C=O) groups excluding carboxylic acids is 1. The standard InChI is InChI=1S/C16H11N3O5/c20-15(18-17-11-4-2-1-3-5-11)13-9-10-8-12(19(22)23)6-7-14(10)24-16(13)21/h1-9,17H,(H,18,20). The molecular formula is C16H11N3O5. The molecule has 0 radical (unpaired) electrons. The normalized spacial score (nSPS) is 10.3. The lowest BCUT2D eigenvalue weighted by atomic mass is 10.1. The van der Waals surface area contributed by atoms with Gasteiger partial charge in [-0.1, -0.05) is 18.2 Å². The Morgan fingerprint density at radius 1 is 1.08 bits per heavy atom. The maximum Gasteiger partial charge on any atom is 0.349 e. The second-order valence-corrected chi connectivity index (χ2v) is 4.87. The monoisotopic (exact) mass is 325 g/mol. The van der Waals surface area contributed by atoms with E-state index < -0.39 is 16.5 Å². The van der Waals surface area contributed by atoms with Crippen LogP contribution in [0.3, 0.4) is 0 Å². The van der Waals surface area contributed by atoms with E-state index in [9.17, 15) is 19.7 Å². The van der Waals surface area contributed by atoms with Crippen LogP contribution in [0.2, 0.25) is 0 Å². The molecular weight excluding hydrogens is 314 g/mol. The fourth-order valence-electron chi connectivity index (χ4n) is 2.10. The Morgan fingerprint density at radius 3 is 2.54 bits per heavy atom. The molecule has 1 amide bonds. The number of carbonyl (C=O) groups is 1. The average Bonchev–Trinajstić information content (AvgIpc) is 2.59. The highest BCUT2D eigenvalue weighted by atomic mass is 16.6. The summed E-state index contributed by atoms with van der Waals surface area (Å²) in [5.74, 6) is -0.707. The Balaban J connectivity index is 1.90. The van der Waals surface area contributed by atoms with E-state index in [2.05, 4.69) is 10.9 Å². The van der Waals surface area contributed by atoms with Crippen LogP contribution in [0.15, 0.2) is 63.8 Å². The molecule has 8 nitrogen and oxygen atoms in total. The van der Waals surface area contributed by atoms with Crippen LogP contribution in [0.25, 0.3) is 11.0 Å². The number of hydrazine groups is 1. The first-order valence-corrected chi connectivity index (χ1v) is 6.88. The molecule has 0 saturated heterocycles. The fourth-order valence-corrected chi connectivity index (χ4v) is 2.10. The smallest absolute Gasteiger partial charge is 0.349 e. The molecule has 2 aromatic carbocycles. The molecule has 3 rings (SSSR count). The van der Waals surface area contributed by atoms with Crippen molar-refractivity contribution >= 4 is 28.3 Å². The van der Waals surface area contributed by atoms with E-state index in [0.717, 1.165) is 0 Å². The first-order valence-electron chi connectivity index (χ1n) is 6.88. The number of benzene rings is 2. The Hall–Kier alpha value is -3.68. The first kappa shape index (κ1) is 15.2. The molecule has 0 unspecified atom stereocenters. The van der Waals surface area contributed by atoms with Crippen molar-refractivity contribution in [2.75, 3.05) is 5.43 Å². The van der Waals surface area contributed by atoms with Gasteiger partial charge in [0.25, 0.3) is 11.6 Å². The van der Waals surface area contributed by atoms with Gasteiger partial charge in [0.1, 0.15) is 11.1 Å². The molecule has 1 heterocycles. The summed E-state index contributed by atoms with van der Waals surface area (Å²) in [5.41, 5.74) is 4.58. The van der Waals surface area contributed by atoms with Gasteiger partial charge in [-0.3, -0.25) is 25.8 Å². The van der Waals surface area contributed by atoms with Crippen molar-refractivity contribution in [3.05, 3.63) is 80.7 Å². The highest BCUT2D eigenvalue weighted by Gasteiger charge is 2.15. The maximum absolute atomic E-state index is 12.1. The molecule has 120 valence electrons. The SMILES string of the molecule is O=C(NNc1ccccc1)c1cc2cc([N+](=O)[O-])ccc2oc1=O. The lowest BCUT2D eigenvalue weighted by Gasteiger charge is -2.08. The van der Waals surface area contributed by atoms with Crippen LogP contribution < -0.4 is 16.5 Å². The van der Waals surface area contributed by atoms with Crippen molar-refractivity contribution in [2.24, 2.45) is 0 Å². The summed E-state index contributed by atoms with van der Waals surface area (Å²) in [7, 11) is 0. The van der Waals surface area contributed by atoms with E-state index in [-0.39, 0.29) is 22.2 Å². The summed E-state index contributed by atoms with van der Waals surface area (Å²) in [6.07, 6.45) is 0. The number of nitro groups is 1. The van der Waals surface area contributed by atoms with Gasteiger partial charge in [0.15, 0.2) is 0 Å². The quantitative estimate of drug-likeness (QED) is 0.432. The van der Waals surface area contributed by atoms with Gasteiger partial charge in [0.2, 0.25) is 0 Å². The highest BCUT2D eigenvalue weighted by Crippen LogP contribution is 2.20. The number of non-ortho nitro benzene ring substituents is 1. The number of hydrogen-bond acceptors (Lipinski definition) is 6. The van der Waals surface area contributed by atoms with Crippen molar-refractivity contribution in [1.82, 2.24) is 5.43 Å². The van der Waals surface area contributed by atoms with Crippen LogP contribution in [0.5, 0.6) is 0 Å². The summed E-state index contributed by atoms with van der Waals surface area (Å²) in [6.45, 7) is 0. The van der Waals surface area contributed by atoms with Crippen molar-refractivity contribution in [3.63, 3.8) is 0 Å². The zero-order valence-corrected chi connectivity index (χ0v) is 12.2. The van der Waals surface area contributed by atoms with E-state index in [0.29, 0.717) is 5.69 Å². The van der Waals surface area contributed by atoms with Crippen LogP contribution in [0.1, 0.15) is 10.4 Å². The predicted molar refractivity (Wildman–Crippen MR) is 86.7 cm³/mol. The van der Waals surface area contributed by atoms with E-state index in [1.165, 1.54) is 24.3 Å². The number of anilines is 1. The molecule has 3 aromatic rings. The molecule has 0 aliphatic heterocycles. The molecule has 0 aliphatic carbocycles. The van der Waals surface area contributed by atoms with Gasteiger partial charge in [-0.05, 0) is 24.3 Å². The number of fused-ring (bicyclic) bond motifs is 1. The fraction of sp³-hybridized carbons (Fsp3) is 0. The third-order valence-electron chi connectivity index (χ3n) is 3.27. The van der Waals surface area contributed by atoms with Crippen molar-refractivity contribution in [2.45, 2.75) is 0 Å². The lowest BCUT2D eigenvalue weighted by molar-refractivity contribution is -0.384. The van der Waals surface area contributed by atoms with Gasteiger partial charge < -0.3 is 4.42 Å². The van der Waals surface area contributed by atoms with E-state index in [1.54, 1.807) is 24.3 Å². The number of amides is 1. The van der Waals surface area contributed by atoms with E-state index in [1.807, 2.05) is 6.07 Å². The van der Waals surface area contributed by atoms with E-state index >= 15 is 0 Å². The van der Waals surface area contributed by atoms with Gasteiger partial charge in [0, 0.05) is 17.5 Å². The summed E-state index contributed by atoms with van der Waals surface area (Å²) in [5, 5.41) is 11.1. The largest absolute Gasteiger partial charge is 0.422 e. The summed E-state index contributed by atoms with van der Waals surface area (Å²) >= 11 is 0. The third kappa shape index (κ3) is 3.07. The molecule has 24 heavy (non-hydrogen) atoms. The topological polar surface area (TPSA) is 114 Å². The summed E-state index contributed by atoms with van der Waals surface area (Å²) in [4.78, 5) is 34.3. The Bertz CT molecular complexity index is 982. The predicted octanol–water partition coefficient (Wildman–Crippen LogP) is 2.46. The Morgan fingerprint density at radius 2 is 1.83 bits per heavy atom. The zero-order valence-electron chi connectivity index (χ0n) is 12.2. The number of para-hydroxylation sites is 1.